The van der Waals surface area contributed by atoms with Crippen LogP contribution in [0.3, 0.4) is 0 Å². The second-order valence-electron chi connectivity index (χ2n) is 3.85. The standard InChI is InChI=1S/C13H16F2N2S/c1-2-6-17-11(9-16)5-7-18-13-8-10(14)3-4-12(13)15/h3-4,8,11,17H,2,5-7H2,1H3. The van der Waals surface area contributed by atoms with Crippen molar-refractivity contribution in [3.05, 3.63) is 29.8 Å². The summed E-state index contributed by atoms with van der Waals surface area (Å²) in [6.45, 7) is 2.82. The van der Waals surface area contributed by atoms with Crippen LogP contribution in [0.5, 0.6) is 0 Å². The summed E-state index contributed by atoms with van der Waals surface area (Å²) in [5.74, 6) is -0.286. The summed E-state index contributed by atoms with van der Waals surface area (Å²) in [4.78, 5) is 0.294. The number of hydrogen-bond acceptors (Lipinski definition) is 3. The molecule has 0 amide bonds. The third kappa shape index (κ3) is 5.03. The molecular weight excluding hydrogens is 254 g/mol. The fraction of sp³-hybridized carbons (Fsp3) is 0.462. The van der Waals surface area contributed by atoms with Gasteiger partial charge in [0.05, 0.1) is 12.1 Å². The number of thioether (sulfide) groups is 1. The van der Waals surface area contributed by atoms with Gasteiger partial charge >= 0.3 is 0 Å². The number of nitrogens with one attached hydrogen (secondary N) is 1. The van der Waals surface area contributed by atoms with Crippen molar-refractivity contribution in [2.45, 2.75) is 30.7 Å². The lowest BCUT2D eigenvalue weighted by molar-refractivity contribution is 0.575. The van der Waals surface area contributed by atoms with Crippen LogP contribution in [0, 0.1) is 23.0 Å². The van der Waals surface area contributed by atoms with Gasteiger partial charge in [-0.1, -0.05) is 6.92 Å². The molecule has 0 aromatic heterocycles. The highest BCUT2D eigenvalue weighted by Crippen LogP contribution is 2.23. The summed E-state index contributed by atoms with van der Waals surface area (Å²) in [5.41, 5.74) is 0. The maximum absolute atomic E-state index is 13.3. The third-order valence-corrected chi connectivity index (χ3v) is 3.42. The lowest BCUT2D eigenvalue weighted by atomic mass is 10.2. The molecule has 1 rings (SSSR count). The molecule has 0 radical (unpaired) electrons. The first-order chi connectivity index (χ1) is 8.67. The predicted molar refractivity (Wildman–Crippen MR) is 69.4 cm³/mol. The topological polar surface area (TPSA) is 35.8 Å². The van der Waals surface area contributed by atoms with Crippen LogP contribution in [-0.4, -0.2) is 18.3 Å². The molecule has 0 spiro atoms. The highest BCUT2D eigenvalue weighted by molar-refractivity contribution is 7.99. The van der Waals surface area contributed by atoms with Crippen LogP contribution in [0.25, 0.3) is 0 Å². The Kier molecular flexibility index (Phi) is 6.69. The molecule has 1 unspecified atom stereocenters. The lowest BCUT2D eigenvalue weighted by Crippen LogP contribution is -2.28. The van der Waals surface area contributed by atoms with Crippen molar-refractivity contribution in [1.82, 2.24) is 5.32 Å². The highest BCUT2D eigenvalue weighted by atomic mass is 32.2. The molecule has 0 aliphatic carbocycles. The molecule has 1 aromatic carbocycles. The SMILES string of the molecule is CCCNC(C#N)CCSc1cc(F)ccc1F. The molecule has 1 N–H and O–H groups in total. The number of halogens is 2. The summed E-state index contributed by atoms with van der Waals surface area (Å²) < 4.78 is 26.2. The van der Waals surface area contributed by atoms with Gasteiger partial charge in [-0.2, -0.15) is 5.26 Å². The van der Waals surface area contributed by atoms with Crippen LogP contribution < -0.4 is 5.32 Å². The Morgan fingerprint density at radius 2 is 2.22 bits per heavy atom. The highest BCUT2D eigenvalue weighted by Gasteiger charge is 2.08. The quantitative estimate of drug-likeness (QED) is 0.772. The minimum atomic E-state index is -0.445. The van der Waals surface area contributed by atoms with E-state index in [9.17, 15) is 8.78 Å². The van der Waals surface area contributed by atoms with Gasteiger partial charge < -0.3 is 5.32 Å². The average molecular weight is 270 g/mol. The summed E-state index contributed by atoms with van der Waals surface area (Å²) in [7, 11) is 0. The maximum atomic E-state index is 13.3. The number of nitrogens with zero attached hydrogens (tertiary/aromatic N) is 1. The van der Waals surface area contributed by atoms with E-state index < -0.39 is 11.6 Å². The molecule has 0 saturated carbocycles. The average Bonchev–Trinajstić information content (AvgIpc) is 2.37. The van der Waals surface area contributed by atoms with E-state index in [0.29, 0.717) is 17.1 Å². The molecule has 18 heavy (non-hydrogen) atoms. The van der Waals surface area contributed by atoms with Crippen molar-refractivity contribution >= 4 is 11.8 Å². The van der Waals surface area contributed by atoms with Crippen molar-refractivity contribution in [3.63, 3.8) is 0 Å². The summed E-state index contributed by atoms with van der Waals surface area (Å²) in [6.07, 6.45) is 1.57. The summed E-state index contributed by atoms with van der Waals surface area (Å²) in [6, 6.07) is 5.33. The smallest absolute Gasteiger partial charge is 0.136 e. The fourth-order valence-electron chi connectivity index (χ4n) is 1.41. The van der Waals surface area contributed by atoms with Crippen molar-refractivity contribution in [3.8, 4) is 6.07 Å². The fourth-order valence-corrected chi connectivity index (χ4v) is 2.38. The number of rotatable bonds is 7. The van der Waals surface area contributed by atoms with Gasteiger partial charge in [-0.05, 0) is 37.6 Å². The number of benzene rings is 1. The Hall–Kier alpha value is -1.12. The zero-order valence-corrected chi connectivity index (χ0v) is 11.1. The van der Waals surface area contributed by atoms with Crippen LogP contribution in [0.4, 0.5) is 8.78 Å². The van der Waals surface area contributed by atoms with E-state index in [1.165, 1.54) is 17.8 Å². The molecule has 98 valence electrons. The molecule has 5 heteroatoms. The first-order valence-electron chi connectivity index (χ1n) is 5.88. The molecule has 0 saturated heterocycles. The van der Waals surface area contributed by atoms with Crippen LogP contribution in [-0.2, 0) is 0 Å². The molecule has 0 heterocycles. The molecular formula is C13H16F2N2S. The maximum Gasteiger partial charge on any atom is 0.136 e. The second-order valence-corrected chi connectivity index (χ2v) is 4.98. The minimum Gasteiger partial charge on any atom is -0.302 e. The monoisotopic (exact) mass is 270 g/mol. The number of nitriles is 1. The van der Waals surface area contributed by atoms with Gasteiger partial charge in [0, 0.05) is 10.6 Å². The summed E-state index contributed by atoms with van der Waals surface area (Å²) in [5, 5.41) is 12.0. The zero-order valence-electron chi connectivity index (χ0n) is 10.2. The Morgan fingerprint density at radius 3 is 2.89 bits per heavy atom. The lowest BCUT2D eigenvalue weighted by Gasteiger charge is -2.10. The van der Waals surface area contributed by atoms with Gasteiger partial charge in [-0.3, -0.25) is 0 Å². The van der Waals surface area contributed by atoms with E-state index in [-0.39, 0.29) is 6.04 Å². The van der Waals surface area contributed by atoms with Crippen LogP contribution in [0.1, 0.15) is 19.8 Å². The van der Waals surface area contributed by atoms with Crippen LogP contribution >= 0.6 is 11.8 Å². The van der Waals surface area contributed by atoms with Gasteiger partial charge in [0.1, 0.15) is 11.6 Å². The van der Waals surface area contributed by atoms with E-state index >= 15 is 0 Å². The second kappa shape index (κ2) is 8.06. The minimum absolute atomic E-state index is 0.228. The Bertz CT molecular complexity index is 418. The Balaban J connectivity index is 2.41. The van der Waals surface area contributed by atoms with Gasteiger partial charge in [0.25, 0.3) is 0 Å². The van der Waals surface area contributed by atoms with Gasteiger partial charge in [-0.15, -0.1) is 11.8 Å². The van der Waals surface area contributed by atoms with Crippen molar-refractivity contribution in [2.75, 3.05) is 12.3 Å². The van der Waals surface area contributed by atoms with E-state index in [1.54, 1.807) is 0 Å². The Labute approximate surface area is 110 Å². The van der Waals surface area contributed by atoms with Crippen LogP contribution in [0.2, 0.25) is 0 Å². The molecule has 2 nitrogen and oxygen atoms in total. The van der Waals surface area contributed by atoms with Crippen molar-refractivity contribution in [1.29, 1.82) is 5.26 Å². The summed E-state index contributed by atoms with van der Waals surface area (Å²) >= 11 is 1.23. The van der Waals surface area contributed by atoms with Gasteiger partial charge in [0.2, 0.25) is 0 Å². The first kappa shape index (κ1) is 14.9. The normalized spacial score (nSPS) is 12.1. The third-order valence-electron chi connectivity index (χ3n) is 2.35. The molecule has 1 aromatic rings. The van der Waals surface area contributed by atoms with Crippen LogP contribution in [0.15, 0.2) is 23.1 Å². The Morgan fingerprint density at radius 1 is 1.44 bits per heavy atom. The van der Waals surface area contributed by atoms with Crippen molar-refractivity contribution < 1.29 is 8.78 Å². The first-order valence-corrected chi connectivity index (χ1v) is 6.86. The molecule has 0 aliphatic heterocycles. The number of hydrogen-bond donors (Lipinski definition) is 1. The van der Waals surface area contributed by atoms with Gasteiger partial charge in [0.15, 0.2) is 0 Å². The molecule has 1 atom stereocenters. The molecule has 0 aliphatic rings. The molecule has 0 fully saturated rings. The molecule has 0 bridgehead atoms. The van der Waals surface area contributed by atoms with E-state index in [0.717, 1.165) is 25.1 Å². The van der Waals surface area contributed by atoms with E-state index in [1.807, 2.05) is 6.92 Å². The van der Waals surface area contributed by atoms with Crippen molar-refractivity contribution in [2.24, 2.45) is 0 Å². The zero-order chi connectivity index (χ0) is 13.4. The largest absolute Gasteiger partial charge is 0.302 e. The predicted octanol–water partition coefficient (Wildman–Crippen LogP) is 3.34. The van der Waals surface area contributed by atoms with Gasteiger partial charge in [-0.25, -0.2) is 8.78 Å². The van der Waals surface area contributed by atoms with E-state index in [2.05, 4.69) is 11.4 Å². The van der Waals surface area contributed by atoms with E-state index in [4.69, 9.17) is 5.26 Å².